The van der Waals surface area contributed by atoms with Gasteiger partial charge in [0.2, 0.25) is 11.8 Å². The zero-order valence-corrected chi connectivity index (χ0v) is 14.6. The van der Waals surface area contributed by atoms with Crippen LogP contribution in [0, 0.1) is 6.92 Å². The molecule has 0 spiro atoms. The fraction of sp³-hybridized carbons (Fsp3) is 0.556. The number of nitrogens with one attached hydrogen (secondary N) is 1. The third kappa shape index (κ3) is 6.20. The number of carbonyl (C=O) groups is 2. The van der Waals surface area contributed by atoms with E-state index in [9.17, 15) is 9.59 Å². The van der Waals surface area contributed by atoms with Crippen LogP contribution in [-0.2, 0) is 9.59 Å². The number of benzene rings is 1. The Morgan fingerprint density at radius 2 is 2.04 bits per heavy atom. The summed E-state index contributed by atoms with van der Waals surface area (Å²) in [6, 6.07) is 7.85. The minimum absolute atomic E-state index is 0.000817. The lowest BCUT2D eigenvalue weighted by atomic mass is 10.2. The maximum atomic E-state index is 12.0. The van der Waals surface area contributed by atoms with E-state index in [0.29, 0.717) is 26.2 Å². The van der Waals surface area contributed by atoms with Crippen LogP contribution in [0.4, 0.5) is 0 Å². The lowest BCUT2D eigenvalue weighted by Gasteiger charge is -2.20. The predicted octanol–water partition coefficient (Wildman–Crippen LogP) is 1.04. The Hall–Kier alpha value is -2.08. The molecule has 1 aliphatic rings. The third-order valence-corrected chi connectivity index (χ3v) is 4.08. The zero-order valence-electron chi connectivity index (χ0n) is 14.6. The number of amides is 2. The van der Waals surface area contributed by atoms with Crippen molar-refractivity contribution in [1.82, 2.24) is 15.1 Å². The molecular weight excluding hydrogens is 306 g/mol. The number of hydrogen-bond acceptors (Lipinski definition) is 4. The molecule has 6 heteroatoms. The van der Waals surface area contributed by atoms with Gasteiger partial charge in [-0.25, -0.2) is 0 Å². The van der Waals surface area contributed by atoms with Crippen LogP contribution < -0.4 is 10.1 Å². The number of hydrogen-bond donors (Lipinski definition) is 1. The van der Waals surface area contributed by atoms with E-state index in [1.54, 1.807) is 6.92 Å². The van der Waals surface area contributed by atoms with Gasteiger partial charge in [0, 0.05) is 33.1 Å². The van der Waals surface area contributed by atoms with Gasteiger partial charge in [-0.15, -0.1) is 0 Å². The van der Waals surface area contributed by atoms with E-state index in [2.05, 4.69) is 10.2 Å². The Morgan fingerprint density at radius 1 is 1.21 bits per heavy atom. The Bertz CT molecular complexity index is 562. The number of carbonyl (C=O) groups excluding carboxylic acids is 2. The predicted molar refractivity (Wildman–Crippen MR) is 93.0 cm³/mol. The lowest BCUT2D eigenvalue weighted by molar-refractivity contribution is -0.128. The molecule has 0 unspecified atom stereocenters. The van der Waals surface area contributed by atoms with Crippen molar-refractivity contribution >= 4 is 11.8 Å². The Kier molecular flexibility index (Phi) is 7.06. The van der Waals surface area contributed by atoms with Crippen LogP contribution in [0.2, 0.25) is 0 Å². The van der Waals surface area contributed by atoms with E-state index in [1.165, 1.54) is 0 Å². The summed E-state index contributed by atoms with van der Waals surface area (Å²) >= 11 is 0. The first kappa shape index (κ1) is 18.3. The fourth-order valence-corrected chi connectivity index (χ4v) is 2.77. The molecule has 1 fully saturated rings. The molecule has 0 bridgehead atoms. The largest absolute Gasteiger partial charge is 0.492 e. The molecule has 24 heavy (non-hydrogen) atoms. The second-order valence-electron chi connectivity index (χ2n) is 6.15. The highest BCUT2D eigenvalue weighted by Crippen LogP contribution is 2.11. The molecule has 2 rings (SSSR count). The van der Waals surface area contributed by atoms with Crippen molar-refractivity contribution in [2.75, 3.05) is 45.9 Å². The Balaban J connectivity index is 1.63. The van der Waals surface area contributed by atoms with Crippen LogP contribution in [-0.4, -0.2) is 67.5 Å². The average Bonchev–Trinajstić information content (AvgIpc) is 2.77. The molecule has 2 amide bonds. The minimum atomic E-state index is -0.000817. The van der Waals surface area contributed by atoms with Crippen LogP contribution >= 0.6 is 0 Å². The molecule has 1 saturated heterocycles. The minimum Gasteiger partial charge on any atom is -0.492 e. The molecule has 1 heterocycles. The van der Waals surface area contributed by atoms with E-state index in [-0.39, 0.29) is 11.8 Å². The van der Waals surface area contributed by atoms with Gasteiger partial charge in [-0.05, 0) is 31.0 Å². The van der Waals surface area contributed by atoms with Gasteiger partial charge in [-0.3, -0.25) is 14.5 Å². The third-order valence-electron chi connectivity index (χ3n) is 4.08. The number of nitrogens with zero attached hydrogens (tertiary/aromatic N) is 2. The smallest absolute Gasteiger partial charge is 0.234 e. The summed E-state index contributed by atoms with van der Waals surface area (Å²) in [6.07, 6.45) is 0.906. The topological polar surface area (TPSA) is 61.9 Å². The monoisotopic (exact) mass is 333 g/mol. The van der Waals surface area contributed by atoms with Gasteiger partial charge in [-0.2, -0.15) is 0 Å². The van der Waals surface area contributed by atoms with Crippen molar-refractivity contribution in [3.05, 3.63) is 29.8 Å². The summed E-state index contributed by atoms with van der Waals surface area (Å²) in [5, 5.41) is 2.88. The van der Waals surface area contributed by atoms with E-state index < -0.39 is 0 Å². The lowest BCUT2D eigenvalue weighted by Crippen LogP contribution is -2.40. The van der Waals surface area contributed by atoms with Crippen molar-refractivity contribution in [3.8, 4) is 5.75 Å². The zero-order chi connectivity index (χ0) is 17.4. The van der Waals surface area contributed by atoms with E-state index in [1.807, 2.05) is 36.1 Å². The van der Waals surface area contributed by atoms with Crippen molar-refractivity contribution in [3.63, 3.8) is 0 Å². The molecule has 6 nitrogen and oxygen atoms in total. The second kappa shape index (κ2) is 9.27. The number of ether oxygens (including phenoxy) is 1. The van der Waals surface area contributed by atoms with Crippen LogP contribution in [0.3, 0.4) is 0 Å². The standard InChI is InChI=1S/C18H27N3O3/c1-15-5-3-6-17(13-15)24-12-7-19-18(23)14-20-8-4-9-21(11-10-20)16(2)22/h3,5-6,13H,4,7-12,14H2,1-2H3,(H,19,23). The first-order valence-electron chi connectivity index (χ1n) is 8.48. The van der Waals surface area contributed by atoms with Crippen LogP contribution in [0.15, 0.2) is 24.3 Å². The van der Waals surface area contributed by atoms with Crippen molar-refractivity contribution in [1.29, 1.82) is 0 Å². The molecule has 0 saturated carbocycles. The Morgan fingerprint density at radius 3 is 2.79 bits per heavy atom. The molecule has 0 atom stereocenters. The molecule has 1 N–H and O–H groups in total. The molecule has 0 aromatic heterocycles. The van der Waals surface area contributed by atoms with Gasteiger partial charge >= 0.3 is 0 Å². The normalized spacial score (nSPS) is 15.7. The molecule has 132 valence electrons. The van der Waals surface area contributed by atoms with Gasteiger partial charge in [0.15, 0.2) is 0 Å². The SMILES string of the molecule is CC(=O)N1CCCN(CC(=O)NCCOc2cccc(C)c2)CC1. The molecular formula is C18H27N3O3. The molecule has 1 aromatic carbocycles. The van der Waals surface area contributed by atoms with E-state index in [0.717, 1.165) is 37.4 Å². The van der Waals surface area contributed by atoms with E-state index in [4.69, 9.17) is 4.74 Å². The molecule has 1 aliphatic heterocycles. The van der Waals surface area contributed by atoms with Gasteiger partial charge in [0.1, 0.15) is 12.4 Å². The highest BCUT2D eigenvalue weighted by Gasteiger charge is 2.18. The quantitative estimate of drug-likeness (QED) is 0.791. The van der Waals surface area contributed by atoms with Crippen LogP contribution in [0.25, 0.3) is 0 Å². The Labute approximate surface area is 143 Å². The highest BCUT2D eigenvalue weighted by molar-refractivity contribution is 5.78. The van der Waals surface area contributed by atoms with Gasteiger partial charge < -0.3 is 15.0 Å². The molecule has 0 radical (unpaired) electrons. The summed E-state index contributed by atoms with van der Waals surface area (Å²) in [5.41, 5.74) is 1.15. The van der Waals surface area contributed by atoms with Crippen LogP contribution in [0.1, 0.15) is 18.9 Å². The van der Waals surface area contributed by atoms with Crippen molar-refractivity contribution in [2.45, 2.75) is 20.3 Å². The number of aryl methyl sites for hydroxylation is 1. The first-order valence-corrected chi connectivity index (χ1v) is 8.48. The summed E-state index contributed by atoms with van der Waals surface area (Å²) < 4.78 is 5.62. The second-order valence-corrected chi connectivity index (χ2v) is 6.15. The molecule has 1 aromatic rings. The fourth-order valence-electron chi connectivity index (χ4n) is 2.77. The molecule has 0 aliphatic carbocycles. The summed E-state index contributed by atoms with van der Waals surface area (Å²) in [5.74, 6) is 0.926. The van der Waals surface area contributed by atoms with Crippen molar-refractivity contribution < 1.29 is 14.3 Å². The average molecular weight is 333 g/mol. The van der Waals surface area contributed by atoms with Gasteiger partial charge in [0.25, 0.3) is 0 Å². The number of rotatable bonds is 6. The maximum Gasteiger partial charge on any atom is 0.234 e. The maximum absolute atomic E-state index is 12.0. The first-order chi connectivity index (χ1) is 11.5. The summed E-state index contributed by atoms with van der Waals surface area (Å²) in [4.78, 5) is 27.4. The summed E-state index contributed by atoms with van der Waals surface area (Å²) in [7, 11) is 0. The van der Waals surface area contributed by atoms with Gasteiger partial charge in [0.05, 0.1) is 13.1 Å². The van der Waals surface area contributed by atoms with Gasteiger partial charge in [-0.1, -0.05) is 12.1 Å². The van der Waals surface area contributed by atoms with E-state index >= 15 is 0 Å². The highest BCUT2D eigenvalue weighted by atomic mass is 16.5. The van der Waals surface area contributed by atoms with Crippen LogP contribution in [0.5, 0.6) is 5.75 Å². The van der Waals surface area contributed by atoms with Crippen molar-refractivity contribution in [2.24, 2.45) is 0 Å². The summed E-state index contributed by atoms with van der Waals surface area (Å²) in [6.45, 7) is 7.98.